The van der Waals surface area contributed by atoms with Crippen molar-refractivity contribution in [2.75, 3.05) is 0 Å². The highest BCUT2D eigenvalue weighted by Gasteiger charge is 2.22. The molecule has 0 heterocycles. The molecule has 5 heteroatoms. The molecule has 0 saturated heterocycles. The van der Waals surface area contributed by atoms with Crippen LogP contribution in [0, 0.1) is 14.9 Å². The van der Waals surface area contributed by atoms with Crippen molar-refractivity contribution in [2.24, 2.45) is 0 Å². The van der Waals surface area contributed by atoms with Crippen LogP contribution in [0.15, 0.2) is 42.5 Å². The van der Waals surface area contributed by atoms with Crippen LogP contribution >= 0.6 is 45.8 Å². The molecule has 2 aromatic carbocycles. The number of carbonyl (C=O) groups excluding carboxylic acids is 1. The molecule has 100 valence electrons. The van der Waals surface area contributed by atoms with E-state index in [4.69, 9.17) is 23.2 Å². The summed E-state index contributed by atoms with van der Waals surface area (Å²) >= 11 is 13.9. The maximum Gasteiger partial charge on any atom is 0.184 e. The Kier molecular flexibility index (Phi) is 5.03. The third-order valence-corrected chi connectivity index (χ3v) is 4.19. The maximum atomic E-state index is 12.4. The van der Waals surface area contributed by atoms with Gasteiger partial charge < -0.3 is 0 Å². The van der Waals surface area contributed by atoms with E-state index in [1.807, 2.05) is 12.1 Å². The first kappa shape index (κ1) is 15.3. The zero-order chi connectivity index (χ0) is 14.7. The van der Waals surface area contributed by atoms with E-state index in [9.17, 15) is 10.1 Å². The highest BCUT2D eigenvalue weighted by atomic mass is 127. The summed E-state index contributed by atoms with van der Waals surface area (Å²) in [6, 6.07) is 14.0. The van der Waals surface area contributed by atoms with Crippen LogP contribution < -0.4 is 0 Å². The lowest BCUT2D eigenvalue weighted by molar-refractivity contribution is 0.0979. The molecular weight excluding hydrogens is 408 g/mol. The van der Waals surface area contributed by atoms with Crippen LogP contribution in [-0.4, -0.2) is 5.78 Å². The second-order valence-corrected chi connectivity index (χ2v) is 6.17. The number of rotatable bonds is 3. The number of hydrogen-bond acceptors (Lipinski definition) is 2. The van der Waals surface area contributed by atoms with Gasteiger partial charge in [-0.2, -0.15) is 5.26 Å². The number of ketones is 1. The smallest absolute Gasteiger partial charge is 0.184 e. The number of benzene rings is 2. The predicted molar refractivity (Wildman–Crippen MR) is 88.3 cm³/mol. The van der Waals surface area contributed by atoms with E-state index < -0.39 is 5.92 Å². The molecule has 20 heavy (non-hydrogen) atoms. The van der Waals surface area contributed by atoms with Crippen molar-refractivity contribution in [1.82, 2.24) is 0 Å². The normalized spacial score (nSPS) is 11.7. The Morgan fingerprint density at radius 2 is 1.90 bits per heavy atom. The molecule has 0 saturated carbocycles. The van der Waals surface area contributed by atoms with Crippen molar-refractivity contribution < 1.29 is 4.79 Å². The van der Waals surface area contributed by atoms with Gasteiger partial charge in [-0.15, -0.1) is 0 Å². The van der Waals surface area contributed by atoms with Crippen LogP contribution in [0.2, 0.25) is 10.0 Å². The molecule has 0 aromatic heterocycles. The highest BCUT2D eigenvalue weighted by molar-refractivity contribution is 14.1. The first-order valence-electron chi connectivity index (χ1n) is 5.67. The van der Waals surface area contributed by atoms with Gasteiger partial charge in [0.25, 0.3) is 0 Å². The monoisotopic (exact) mass is 415 g/mol. The minimum Gasteiger partial charge on any atom is -0.292 e. The average molecular weight is 416 g/mol. The van der Waals surface area contributed by atoms with Crippen LogP contribution in [-0.2, 0) is 0 Å². The molecule has 2 nitrogen and oxygen atoms in total. The summed E-state index contributed by atoms with van der Waals surface area (Å²) in [5.74, 6) is -1.13. The molecule has 0 radical (unpaired) electrons. The Labute approximate surface area is 140 Å². The fourth-order valence-electron chi connectivity index (χ4n) is 1.78. The van der Waals surface area contributed by atoms with Crippen molar-refractivity contribution in [3.63, 3.8) is 0 Å². The summed E-state index contributed by atoms with van der Waals surface area (Å²) in [5, 5.41) is 10.0. The highest BCUT2D eigenvalue weighted by Crippen LogP contribution is 2.28. The number of halogens is 3. The second kappa shape index (κ2) is 6.57. The first-order chi connectivity index (χ1) is 9.52. The minimum absolute atomic E-state index is 0.246. The Balaban J connectivity index is 2.40. The van der Waals surface area contributed by atoms with E-state index in [0.29, 0.717) is 21.2 Å². The maximum absolute atomic E-state index is 12.4. The lowest BCUT2D eigenvalue weighted by atomic mass is 9.92. The second-order valence-electron chi connectivity index (χ2n) is 4.11. The standard InChI is InChI=1S/C15H8Cl2INO/c16-13-5-4-9(7-14(13)17)12(8-19)15(20)10-2-1-3-11(18)6-10/h1-7,12H. The topological polar surface area (TPSA) is 40.9 Å². The van der Waals surface area contributed by atoms with Gasteiger partial charge in [0.1, 0.15) is 5.92 Å². The number of nitrogens with zero attached hydrogens (tertiary/aromatic N) is 1. The zero-order valence-electron chi connectivity index (χ0n) is 10.1. The quantitative estimate of drug-likeness (QED) is 0.517. The number of Topliss-reactive ketones (excluding diaryl/α,β-unsaturated/α-hetero) is 1. The molecular formula is C15H8Cl2INO. The largest absolute Gasteiger partial charge is 0.292 e. The van der Waals surface area contributed by atoms with Crippen molar-refractivity contribution in [2.45, 2.75) is 5.92 Å². The van der Waals surface area contributed by atoms with E-state index in [0.717, 1.165) is 3.57 Å². The van der Waals surface area contributed by atoms with Gasteiger partial charge in [-0.3, -0.25) is 4.79 Å². The van der Waals surface area contributed by atoms with Gasteiger partial charge in [-0.05, 0) is 52.4 Å². The number of hydrogen-bond donors (Lipinski definition) is 0. The summed E-state index contributed by atoms with van der Waals surface area (Å²) in [6.45, 7) is 0. The fourth-order valence-corrected chi connectivity index (χ4v) is 2.63. The van der Waals surface area contributed by atoms with Crippen LogP contribution in [0.4, 0.5) is 0 Å². The molecule has 0 aliphatic heterocycles. The summed E-state index contributed by atoms with van der Waals surface area (Å²) in [5.41, 5.74) is 1.06. The molecule has 0 bridgehead atoms. The van der Waals surface area contributed by atoms with Crippen molar-refractivity contribution in [3.05, 3.63) is 67.2 Å². The Morgan fingerprint density at radius 1 is 1.15 bits per heavy atom. The molecule has 0 fully saturated rings. The van der Waals surface area contributed by atoms with Crippen LogP contribution in [0.1, 0.15) is 21.8 Å². The van der Waals surface area contributed by atoms with E-state index >= 15 is 0 Å². The molecule has 1 unspecified atom stereocenters. The van der Waals surface area contributed by atoms with Gasteiger partial charge in [0, 0.05) is 9.13 Å². The van der Waals surface area contributed by atoms with Crippen molar-refractivity contribution in [1.29, 1.82) is 5.26 Å². The molecule has 0 spiro atoms. The van der Waals surface area contributed by atoms with E-state index in [1.54, 1.807) is 36.4 Å². The van der Waals surface area contributed by atoms with Crippen LogP contribution in [0.5, 0.6) is 0 Å². The zero-order valence-corrected chi connectivity index (χ0v) is 13.8. The third-order valence-electron chi connectivity index (χ3n) is 2.78. The van der Waals surface area contributed by atoms with Crippen molar-refractivity contribution >= 4 is 51.6 Å². The van der Waals surface area contributed by atoms with Crippen molar-refractivity contribution in [3.8, 4) is 6.07 Å². The molecule has 0 aliphatic carbocycles. The van der Waals surface area contributed by atoms with Gasteiger partial charge in [0.05, 0.1) is 16.1 Å². The van der Waals surface area contributed by atoms with Crippen LogP contribution in [0.25, 0.3) is 0 Å². The Bertz CT molecular complexity index is 709. The van der Waals surface area contributed by atoms with E-state index in [2.05, 4.69) is 22.6 Å². The first-order valence-corrected chi connectivity index (χ1v) is 7.50. The molecule has 0 N–H and O–H groups in total. The third kappa shape index (κ3) is 3.32. The summed E-state index contributed by atoms with van der Waals surface area (Å²) < 4.78 is 0.944. The molecule has 2 rings (SSSR count). The summed E-state index contributed by atoms with van der Waals surface area (Å²) in [6.07, 6.45) is 0. The van der Waals surface area contributed by atoms with Gasteiger partial charge in [0.15, 0.2) is 5.78 Å². The SMILES string of the molecule is N#CC(C(=O)c1cccc(I)c1)c1ccc(Cl)c(Cl)c1. The Hall–Kier alpha value is -1.09. The Morgan fingerprint density at radius 3 is 2.50 bits per heavy atom. The average Bonchev–Trinajstić information content (AvgIpc) is 2.43. The van der Waals surface area contributed by atoms with Gasteiger partial charge in [-0.25, -0.2) is 0 Å². The summed E-state index contributed by atoms with van der Waals surface area (Å²) in [7, 11) is 0. The lowest BCUT2D eigenvalue weighted by Crippen LogP contribution is -2.11. The molecule has 1 atom stereocenters. The van der Waals surface area contributed by atoms with Gasteiger partial charge in [-0.1, -0.05) is 41.4 Å². The van der Waals surface area contributed by atoms with Gasteiger partial charge >= 0.3 is 0 Å². The molecule has 0 amide bonds. The van der Waals surface area contributed by atoms with E-state index in [-0.39, 0.29) is 5.78 Å². The van der Waals surface area contributed by atoms with E-state index in [1.165, 1.54) is 0 Å². The number of nitriles is 1. The number of carbonyl (C=O) groups is 1. The molecule has 2 aromatic rings. The molecule has 0 aliphatic rings. The minimum atomic E-state index is -0.886. The lowest BCUT2D eigenvalue weighted by Gasteiger charge is -2.10. The fraction of sp³-hybridized carbons (Fsp3) is 0.0667. The summed E-state index contributed by atoms with van der Waals surface area (Å²) in [4.78, 5) is 12.4. The van der Waals surface area contributed by atoms with Gasteiger partial charge in [0.2, 0.25) is 0 Å². The predicted octanol–water partition coefficient (Wildman–Crippen LogP) is 5.09. The van der Waals surface area contributed by atoms with Crippen LogP contribution in [0.3, 0.4) is 0 Å².